The molecule has 2 unspecified atom stereocenters. The van der Waals surface area contributed by atoms with Gasteiger partial charge in [0.25, 0.3) is 0 Å². The molecular formula is C66H127NO5. The van der Waals surface area contributed by atoms with Crippen molar-refractivity contribution in [3.63, 3.8) is 0 Å². The van der Waals surface area contributed by atoms with Crippen LogP contribution in [0.4, 0.5) is 0 Å². The van der Waals surface area contributed by atoms with Crippen molar-refractivity contribution < 1.29 is 24.5 Å². The van der Waals surface area contributed by atoms with Gasteiger partial charge in [-0.25, -0.2) is 0 Å². The molecule has 1 amide bonds. The van der Waals surface area contributed by atoms with Crippen LogP contribution in [-0.4, -0.2) is 47.4 Å². The van der Waals surface area contributed by atoms with Gasteiger partial charge in [0.15, 0.2) is 0 Å². The molecule has 0 spiro atoms. The third-order valence-corrected chi connectivity index (χ3v) is 15.2. The number of esters is 1. The zero-order chi connectivity index (χ0) is 52.2. The van der Waals surface area contributed by atoms with Crippen molar-refractivity contribution >= 4 is 11.9 Å². The van der Waals surface area contributed by atoms with Crippen LogP contribution in [0.3, 0.4) is 0 Å². The van der Waals surface area contributed by atoms with Crippen molar-refractivity contribution in [1.29, 1.82) is 0 Å². The Bertz CT molecular complexity index is 1120. The number of rotatable bonds is 61. The molecular weight excluding hydrogens is 887 g/mol. The minimum absolute atomic E-state index is 0.0165. The summed E-state index contributed by atoms with van der Waals surface area (Å²) in [6.45, 7) is 4.93. The van der Waals surface area contributed by atoms with Crippen molar-refractivity contribution in [1.82, 2.24) is 5.32 Å². The first-order chi connectivity index (χ1) is 35.5. The van der Waals surface area contributed by atoms with Crippen LogP contribution in [0.25, 0.3) is 0 Å². The number of allylic oxidation sites excluding steroid dienone is 3. The highest BCUT2D eigenvalue weighted by Gasteiger charge is 2.18. The molecule has 0 aliphatic heterocycles. The Hall–Kier alpha value is -1.66. The highest BCUT2D eigenvalue weighted by atomic mass is 16.5. The van der Waals surface area contributed by atoms with E-state index in [0.717, 1.165) is 38.5 Å². The van der Waals surface area contributed by atoms with Crippen molar-refractivity contribution in [2.45, 2.75) is 373 Å². The van der Waals surface area contributed by atoms with Gasteiger partial charge in [0.05, 0.1) is 25.4 Å². The minimum atomic E-state index is -0.844. The summed E-state index contributed by atoms with van der Waals surface area (Å²) >= 11 is 0. The summed E-state index contributed by atoms with van der Waals surface area (Å²) in [7, 11) is 0. The molecule has 0 fully saturated rings. The topological polar surface area (TPSA) is 95.9 Å². The molecule has 6 nitrogen and oxygen atoms in total. The van der Waals surface area contributed by atoms with E-state index in [-0.39, 0.29) is 18.5 Å². The third-order valence-electron chi connectivity index (χ3n) is 15.2. The molecule has 0 bridgehead atoms. The molecule has 426 valence electrons. The van der Waals surface area contributed by atoms with E-state index in [9.17, 15) is 19.8 Å². The Morgan fingerprint density at radius 2 is 0.653 bits per heavy atom. The van der Waals surface area contributed by atoms with E-state index in [1.807, 2.05) is 6.08 Å². The number of nitrogens with one attached hydrogen (secondary N) is 1. The summed E-state index contributed by atoms with van der Waals surface area (Å²) in [4.78, 5) is 24.5. The fraction of sp³-hybridized carbons (Fsp3) is 0.909. The van der Waals surface area contributed by atoms with E-state index in [1.54, 1.807) is 6.08 Å². The summed E-state index contributed by atoms with van der Waals surface area (Å²) in [6.07, 6.45) is 76.6. The maximum Gasteiger partial charge on any atom is 0.305 e. The monoisotopic (exact) mass is 1010 g/mol. The number of ether oxygens (including phenoxy) is 1. The quantitative estimate of drug-likeness (QED) is 0.0320. The van der Waals surface area contributed by atoms with Gasteiger partial charge in [0.1, 0.15) is 0 Å². The Kier molecular flexibility index (Phi) is 60.5. The van der Waals surface area contributed by atoms with E-state index in [4.69, 9.17) is 4.74 Å². The zero-order valence-corrected chi connectivity index (χ0v) is 48.7. The Morgan fingerprint density at radius 3 is 0.986 bits per heavy atom. The van der Waals surface area contributed by atoms with Crippen LogP contribution >= 0.6 is 0 Å². The number of hydrogen-bond donors (Lipinski definition) is 3. The Morgan fingerprint density at radius 1 is 0.375 bits per heavy atom. The van der Waals surface area contributed by atoms with Crippen molar-refractivity contribution in [3.05, 3.63) is 24.3 Å². The standard InChI is InChI=1S/C66H127NO5/c1-3-5-7-9-11-13-15-17-32-35-38-42-46-50-54-58-64(69)63(62-68)67-65(70)59-55-51-47-43-39-36-33-30-28-26-24-22-20-18-19-21-23-25-27-29-31-34-37-41-45-49-53-57-61-72-66(71)60-56-52-48-44-40-16-14-12-10-8-6-4-2/h18-19,54,58,63-64,68-69H,3-17,20-53,55-57,59-62H2,1-2H3,(H,67,70)/b19-18-,58-54+. The van der Waals surface area contributed by atoms with Crippen LogP contribution in [0.2, 0.25) is 0 Å². The van der Waals surface area contributed by atoms with Crippen molar-refractivity contribution in [3.8, 4) is 0 Å². The largest absolute Gasteiger partial charge is 0.466 e. The van der Waals surface area contributed by atoms with E-state index in [1.165, 1.54) is 295 Å². The Labute approximate surface area is 450 Å². The van der Waals surface area contributed by atoms with Gasteiger partial charge in [-0.3, -0.25) is 9.59 Å². The molecule has 0 rings (SSSR count). The fourth-order valence-corrected chi connectivity index (χ4v) is 10.2. The average Bonchev–Trinajstić information content (AvgIpc) is 3.38. The highest BCUT2D eigenvalue weighted by Crippen LogP contribution is 2.18. The van der Waals surface area contributed by atoms with Crippen LogP contribution in [-0.2, 0) is 14.3 Å². The lowest BCUT2D eigenvalue weighted by molar-refractivity contribution is -0.143. The molecule has 0 saturated heterocycles. The van der Waals surface area contributed by atoms with Gasteiger partial charge in [-0.05, 0) is 57.8 Å². The number of carbonyl (C=O) groups is 2. The number of unbranched alkanes of at least 4 members (excludes halogenated alkanes) is 48. The van der Waals surface area contributed by atoms with Gasteiger partial charge in [-0.2, -0.15) is 0 Å². The third kappa shape index (κ3) is 57.6. The molecule has 0 saturated carbocycles. The van der Waals surface area contributed by atoms with E-state index in [2.05, 4.69) is 31.3 Å². The fourth-order valence-electron chi connectivity index (χ4n) is 10.2. The minimum Gasteiger partial charge on any atom is -0.466 e. The average molecular weight is 1010 g/mol. The predicted molar refractivity (Wildman–Crippen MR) is 315 cm³/mol. The van der Waals surface area contributed by atoms with E-state index in [0.29, 0.717) is 19.4 Å². The molecule has 0 heterocycles. The molecule has 72 heavy (non-hydrogen) atoms. The molecule has 2 atom stereocenters. The predicted octanol–water partition coefficient (Wildman–Crippen LogP) is 20.6. The van der Waals surface area contributed by atoms with E-state index < -0.39 is 12.1 Å². The van der Waals surface area contributed by atoms with Gasteiger partial charge in [-0.1, -0.05) is 314 Å². The van der Waals surface area contributed by atoms with Crippen LogP contribution in [0.1, 0.15) is 361 Å². The SMILES string of the molecule is CCCCCCCCCCCCCCC/C=C/C(O)C(CO)NC(=O)CCCCCCCCCCCCCC/C=C\CCCCCCCCCCCCCCOC(=O)CCCCCCCCCCCCCC. The van der Waals surface area contributed by atoms with E-state index >= 15 is 0 Å². The first kappa shape index (κ1) is 70.3. The van der Waals surface area contributed by atoms with Crippen molar-refractivity contribution in [2.24, 2.45) is 0 Å². The molecule has 0 aliphatic carbocycles. The molecule has 3 N–H and O–H groups in total. The van der Waals surface area contributed by atoms with Crippen molar-refractivity contribution in [2.75, 3.05) is 13.2 Å². The molecule has 0 aromatic rings. The second kappa shape index (κ2) is 61.9. The maximum atomic E-state index is 12.5. The summed E-state index contributed by atoms with van der Waals surface area (Å²) in [5.41, 5.74) is 0. The second-order valence-electron chi connectivity index (χ2n) is 22.5. The Balaban J connectivity index is 3.39. The lowest BCUT2D eigenvalue weighted by Crippen LogP contribution is -2.45. The summed E-state index contributed by atoms with van der Waals surface area (Å²) in [6, 6.07) is -0.627. The van der Waals surface area contributed by atoms with Crippen LogP contribution in [0.5, 0.6) is 0 Å². The van der Waals surface area contributed by atoms with Gasteiger partial charge in [0, 0.05) is 12.8 Å². The molecule has 6 heteroatoms. The summed E-state index contributed by atoms with van der Waals surface area (Å²) < 4.78 is 5.48. The first-order valence-electron chi connectivity index (χ1n) is 32.6. The second-order valence-corrected chi connectivity index (χ2v) is 22.5. The smallest absolute Gasteiger partial charge is 0.305 e. The molecule has 0 aromatic carbocycles. The number of hydrogen-bond acceptors (Lipinski definition) is 5. The van der Waals surface area contributed by atoms with Crippen LogP contribution < -0.4 is 5.32 Å². The van der Waals surface area contributed by atoms with Crippen LogP contribution in [0, 0.1) is 0 Å². The first-order valence-corrected chi connectivity index (χ1v) is 32.6. The maximum absolute atomic E-state index is 12.5. The lowest BCUT2D eigenvalue weighted by atomic mass is 10.0. The number of aliphatic hydroxyl groups is 2. The zero-order valence-electron chi connectivity index (χ0n) is 48.7. The number of amides is 1. The molecule has 0 aromatic heterocycles. The number of aliphatic hydroxyl groups excluding tert-OH is 2. The summed E-state index contributed by atoms with van der Waals surface area (Å²) in [5.74, 6) is -0.0494. The number of carbonyl (C=O) groups excluding carboxylic acids is 2. The van der Waals surface area contributed by atoms with Crippen LogP contribution in [0.15, 0.2) is 24.3 Å². The van der Waals surface area contributed by atoms with Gasteiger partial charge >= 0.3 is 5.97 Å². The molecule has 0 aliphatic rings. The lowest BCUT2D eigenvalue weighted by Gasteiger charge is -2.20. The molecule has 0 radical (unpaired) electrons. The normalized spacial score (nSPS) is 12.7. The van der Waals surface area contributed by atoms with Gasteiger partial charge < -0.3 is 20.3 Å². The van der Waals surface area contributed by atoms with Gasteiger partial charge in [0.2, 0.25) is 5.91 Å². The summed E-state index contributed by atoms with van der Waals surface area (Å²) in [5, 5.41) is 23.1. The highest BCUT2D eigenvalue weighted by molar-refractivity contribution is 5.76. The van der Waals surface area contributed by atoms with Gasteiger partial charge in [-0.15, -0.1) is 0 Å².